The summed E-state index contributed by atoms with van der Waals surface area (Å²) in [4.78, 5) is 12.4. The number of nitrogens with one attached hydrogen (secondary N) is 2. The first-order valence-corrected chi connectivity index (χ1v) is 12.0. The minimum Gasteiger partial charge on any atom is -0.444 e. The van der Waals surface area contributed by atoms with Gasteiger partial charge in [0.05, 0.1) is 12.1 Å². The standard InChI is InChI=1S/C27H36F2N2O3/c1-5-17-9-10-19-7-6-8-23(22(19)13-17)30-16-25(32)24(31-26(33)34-27(2,3)4)14-18-11-20(28)15-21(29)12-18/h9-13,15,23-25,30,32H,5-8,14,16H2,1-4H3,(H,31,33)/t23-,24-,25+/m0/s1. The molecule has 0 saturated carbocycles. The highest BCUT2D eigenvalue weighted by molar-refractivity contribution is 5.68. The average molecular weight is 475 g/mol. The number of hydrogen-bond donors (Lipinski definition) is 3. The number of hydrogen-bond acceptors (Lipinski definition) is 4. The van der Waals surface area contributed by atoms with Crippen molar-refractivity contribution in [3.05, 3.63) is 70.3 Å². The topological polar surface area (TPSA) is 70.6 Å². The summed E-state index contributed by atoms with van der Waals surface area (Å²) >= 11 is 0. The minimum absolute atomic E-state index is 0.0536. The van der Waals surface area contributed by atoms with Crippen LogP contribution in [0.1, 0.15) is 68.8 Å². The van der Waals surface area contributed by atoms with Crippen LogP contribution in [0.2, 0.25) is 0 Å². The molecule has 3 N–H and O–H groups in total. The van der Waals surface area contributed by atoms with E-state index in [-0.39, 0.29) is 19.0 Å². The lowest BCUT2D eigenvalue weighted by Gasteiger charge is -2.31. The number of carbonyl (C=O) groups excluding carboxylic acids is 1. The fourth-order valence-corrected chi connectivity index (χ4v) is 4.41. The highest BCUT2D eigenvalue weighted by Gasteiger charge is 2.27. The molecule has 2 aromatic carbocycles. The predicted octanol–water partition coefficient (Wildman–Crippen LogP) is 4.99. The van der Waals surface area contributed by atoms with Crippen LogP contribution in [0.3, 0.4) is 0 Å². The van der Waals surface area contributed by atoms with Gasteiger partial charge in [-0.2, -0.15) is 0 Å². The second-order valence-corrected chi connectivity index (χ2v) is 10.0. The zero-order valence-electron chi connectivity index (χ0n) is 20.5. The molecule has 0 aliphatic heterocycles. The van der Waals surface area contributed by atoms with Crippen LogP contribution in [0.25, 0.3) is 0 Å². The van der Waals surface area contributed by atoms with Gasteiger partial charge in [0.25, 0.3) is 0 Å². The summed E-state index contributed by atoms with van der Waals surface area (Å²) in [6, 6.07) is 9.08. The van der Waals surface area contributed by atoms with Gasteiger partial charge in [-0.15, -0.1) is 0 Å². The highest BCUT2D eigenvalue weighted by atomic mass is 19.1. The Morgan fingerprint density at radius 1 is 1.15 bits per heavy atom. The molecule has 0 fully saturated rings. The van der Waals surface area contributed by atoms with E-state index in [1.807, 2.05) is 0 Å². The quantitative estimate of drug-likeness (QED) is 0.504. The Bertz CT molecular complexity index is 970. The van der Waals surface area contributed by atoms with Crippen LogP contribution in [-0.4, -0.2) is 35.5 Å². The number of halogens is 2. The van der Waals surface area contributed by atoms with E-state index in [9.17, 15) is 18.7 Å². The second-order valence-electron chi connectivity index (χ2n) is 10.0. The van der Waals surface area contributed by atoms with Crippen molar-refractivity contribution in [2.75, 3.05) is 6.54 Å². The van der Waals surface area contributed by atoms with Gasteiger partial charge in [0.2, 0.25) is 0 Å². The first-order valence-electron chi connectivity index (χ1n) is 12.0. The highest BCUT2D eigenvalue weighted by Crippen LogP contribution is 2.30. The van der Waals surface area contributed by atoms with E-state index < -0.39 is 35.5 Å². The van der Waals surface area contributed by atoms with Gasteiger partial charge in [0, 0.05) is 18.7 Å². The molecule has 0 unspecified atom stereocenters. The Morgan fingerprint density at radius 3 is 2.50 bits per heavy atom. The van der Waals surface area contributed by atoms with E-state index >= 15 is 0 Å². The summed E-state index contributed by atoms with van der Waals surface area (Å²) in [5.74, 6) is -1.41. The smallest absolute Gasteiger partial charge is 0.407 e. The normalized spacial score (nSPS) is 17.6. The van der Waals surface area contributed by atoms with E-state index in [1.54, 1.807) is 20.8 Å². The lowest BCUT2D eigenvalue weighted by molar-refractivity contribution is 0.0419. The van der Waals surface area contributed by atoms with Crippen LogP contribution >= 0.6 is 0 Å². The number of alkyl carbamates (subject to hydrolysis) is 1. The first kappa shape index (κ1) is 26.1. The number of benzene rings is 2. The van der Waals surface area contributed by atoms with Crippen LogP contribution in [0, 0.1) is 11.6 Å². The molecule has 0 saturated heterocycles. The van der Waals surface area contributed by atoms with E-state index in [2.05, 4.69) is 35.8 Å². The molecule has 5 nitrogen and oxygen atoms in total. The SMILES string of the molecule is CCc1ccc2c(c1)[C@@H](NC[C@@H](O)[C@H](Cc1cc(F)cc(F)c1)NC(=O)OC(C)(C)C)CCC2. The molecular weight excluding hydrogens is 438 g/mol. The molecule has 1 aliphatic rings. The maximum absolute atomic E-state index is 13.7. The third-order valence-electron chi connectivity index (χ3n) is 6.05. The fraction of sp³-hybridized carbons (Fsp3) is 0.519. The Morgan fingerprint density at radius 2 is 1.85 bits per heavy atom. The number of aryl methyl sites for hydroxylation is 2. The number of fused-ring (bicyclic) bond motifs is 1. The van der Waals surface area contributed by atoms with Gasteiger partial charge < -0.3 is 20.5 Å². The van der Waals surface area contributed by atoms with Crippen LogP contribution in [0.15, 0.2) is 36.4 Å². The first-order chi connectivity index (χ1) is 16.0. The predicted molar refractivity (Wildman–Crippen MR) is 129 cm³/mol. The molecular formula is C27H36F2N2O3. The van der Waals surface area contributed by atoms with Gasteiger partial charge in [-0.3, -0.25) is 0 Å². The van der Waals surface area contributed by atoms with Gasteiger partial charge in [-0.05, 0) is 87.3 Å². The molecule has 3 rings (SSSR count). The number of aliphatic hydroxyl groups excluding tert-OH is 1. The van der Waals surface area contributed by atoms with Crippen molar-refractivity contribution in [1.82, 2.24) is 10.6 Å². The third-order valence-corrected chi connectivity index (χ3v) is 6.05. The van der Waals surface area contributed by atoms with Crippen molar-refractivity contribution < 1.29 is 23.4 Å². The lowest BCUT2D eigenvalue weighted by atomic mass is 9.86. The summed E-state index contributed by atoms with van der Waals surface area (Å²) in [7, 11) is 0. The molecule has 3 atom stereocenters. The fourth-order valence-electron chi connectivity index (χ4n) is 4.41. The molecule has 0 heterocycles. The number of aliphatic hydroxyl groups is 1. The van der Waals surface area contributed by atoms with Gasteiger partial charge >= 0.3 is 6.09 Å². The Hall–Kier alpha value is -2.51. The number of carbonyl (C=O) groups is 1. The van der Waals surface area contributed by atoms with Gasteiger partial charge in [-0.1, -0.05) is 25.1 Å². The molecule has 0 bridgehead atoms. The molecule has 7 heteroatoms. The molecule has 0 spiro atoms. The van der Waals surface area contributed by atoms with Gasteiger partial charge in [0.15, 0.2) is 0 Å². The summed E-state index contributed by atoms with van der Waals surface area (Å²) in [6.45, 7) is 7.56. The zero-order chi connectivity index (χ0) is 24.9. The molecule has 34 heavy (non-hydrogen) atoms. The Kier molecular flexibility index (Phi) is 8.66. The summed E-state index contributed by atoms with van der Waals surface area (Å²) in [5, 5.41) is 17.2. The number of rotatable bonds is 8. The third kappa shape index (κ3) is 7.50. The maximum Gasteiger partial charge on any atom is 0.407 e. The molecule has 186 valence electrons. The average Bonchev–Trinajstić information content (AvgIpc) is 2.74. The lowest BCUT2D eigenvalue weighted by Crippen LogP contribution is -2.50. The van der Waals surface area contributed by atoms with Crippen molar-refractivity contribution in [3.63, 3.8) is 0 Å². The van der Waals surface area contributed by atoms with Crippen molar-refractivity contribution in [2.24, 2.45) is 0 Å². The van der Waals surface area contributed by atoms with Crippen LogP contribution in [-0.2, 0) is 24.0 Å². The molecule has 0 aromatic heterocycles. The van der Waals surface area contributed by atoms with Crippen molar-refractivity contribution in [2.45, 2.75) is 83.6 Å². The van der Waals surface area contributed by atoms with E-state index in [1.165, 1.54) is 28.8 Å². The monoisotopic (exact) mass is 474 g/mol. The van der Waals surface area contributed by atoms with Crippen molar-refractivity contribution in [1.29, 1.82) is 0 Å². The second kappa shape index (κ2) is 11.3. The minimum atomic E-state index is -1.00. The largest absolute Gasteiger partial charge is 0.444 e. The zero-order valence-corrected chi connectivity index (χ0v) is 20.5. The molecule has 2 aromatic rings. The van der Waals surface area contributed by atoms with E-state index in [0.717, 1.165) is 31.7 Å². The molecule has 1 aliphatic carbocycles. The summed E-state index contributed by atoms with van der Waals surface area (Å²) in [5.41, 5.74) is 3.46. The summed E-state index contributed by atoms with van der Waals surface area (Å²) < 4.78 is 32.8. The Labute approximate surface area is 200 Å². The van der Waals surface area contributed by atoms with Crippen molar-refractivity contribution >= 4 is 6.09 Å². The summed E-state index contributed by atoms with van der Waals surface area (Å²) in [6.07, 6.45) is 2.35. The van der Waals surface area contributed by atoms with Crippen molar-refractivity contribution in [3.8, 4) is 0 Å². The van der Waals surface area contributed by atoms with Crippen LogP contribution in [0.4, 0.5) is 13.6 Å². The van der Waals surface area contributed by atoms with E-state index in [0.29, 0.717) is 5.56 Å². The maximum atomic E-state index is 13.7. The number of amides is 1. The van der Waals surface area contributed by atoms with Gasteiger partial charge in [0.1, 0.15) is 17.2 Å². The Balaban J connectivity index is 1.73. The van der Waals surface area contributed by atoms with Gasteiger partial charge in [-0.25, -0.2) is 13.6 Å². The number of ether oxygens (including phenoxy) is 1. The van der Waals surface area contributed by atoms with E-state index in [4.69, 9.17) is 4.74 Å². The van der Waals surface area contributed by atoms with Crippen LogP contribution in [0.5, 0.6) is 0 Å². The molecule has 0 radical (unpaired) electrons. The molecule has 1 amide bonds. The van der Waals surface area contributed by atoms with Crippen LogP contribution < -0.4 is 10.6 Å².